The zero-order valence-electron chi connectivity index (χ0n) is 12.0. The summed E-state index contributed by atoms with van der Waals surface area (Å²) < 4.78 is 1.43. The fraction of sp³-hybridized carbons (Fsp3) is 0.438. The third-order valence-corrected chi connectivity index (χ3v) is 3.99. The number of aromatic nitrogens is 2. The van der Waals surface area contributed by atoms with Crippen molar-refractivity contribution in [2.24, 2.45) is 0 Å². The summed E-state index contributed by atoms with van der Waals surface area (Å²) in [6.07, 6.45) is 8.62. The van der Waals surface area contributed by atoms with Crippen LogP contribution in [0.15, 0.2) is 35.4 Å². The van der Waals surface area contributed by atoms with Crippen molar-refractivity contribution in [2.75, 3.05) is 13.1 Å². The maximum atomic E-state index is 12.6. The van der Waals surface area contributed by atoms with Gasteiger partial charge in [-0.2, -0.15) is 0 Å². The van der Waals surface area contributed by atoms with E-state index in [0.717, 1.165) is 38.8 Å². The van der Waals surface area contributed by atoms with Gasteiger partial charge in [-0.25, -0.2) is 4.98 Å². The molecular weight excluding hydrogens is 266 g/mol. The Bertz CT molecular complexity index is 700. The molecule has 110 valence electrons. The SMILES string of the molecule is O=C(c1cnc2ccccn2c1=O)N1CCCCCCC1. The van der Waals surface area contributed by atoms with E-state index in [-0.39, 0.29) is 17.0 Å². The lowest BCUT2D eigenvalue weighted by atomic mass is 10.1. The minimum absolute atomic E-state index is 0.166. The molecule has 0 unspecified atom stereocenters. The molecule has 3 rings (SSSR count). The van der Waals surface area contributed by atoms with Gasteiger partial charge in [-0.05, 0) is 25.0 Å². The summed E-state index contributed by atoms with van der Waals surface area (Å²) in [5.41, 5.74) is 0.443. The second kappa shape index (κ2) is 6.08. The van der Waals surface area contributed by atoms with Crippen LogP contribution in [0.2, 0.25) is 0 Å². The van der Waals surface area contributed by atoms with E-state index < -0.39 is 0 Å². The second-order valence-electron chi connectivity index (χ2n) is 5.47. The van der Waals surface area contributed by atoms with Gasteiger partial charge in [0.25, 0.3) is 11.5 Å². The molecule has 3 heterocycles. The van der Waals surface area contributed by atoms with Gasteiger partial charge in [0.2, 0.25) is 0 Å². The Morgan fingerprint density at radius 1 is 1.05 bits per heavy atom. The average molecular weight is 285 g/mol. The molecule has 1 aliphatic heterocycles. The molecule has 0 saturated carbocycles. The fourth-order valence-corrected chi connectivity index (χ4v) is 2.79. The number of hydrogen-bond acceptors (Lipinski definition) is 3. The third kappa shape index (κ3) is 2.82. The Kier molecular flexibility index (Phi) is 3.99. The molecule has 5 heteroatoms. The molecule has 1 fully saturated rings. The zero-order valence-corrected chi connectivity index (χ0v) is 12.0. The van der Waals surface area contributed by atoms with Crippen molar-refractivity contribution in [3.05, 3.63) is 46.5 Å². The van der Waals surface area contributed by atoms with Crippen molar-refractivity contribution < 1.29 is 4.79 Å². The third-order valence-electron chi connectivity index (χ3n) is 3.99. The lowest BCUT2D eigenvalue weighted by Crippen LogP contribution is -2.37. The molecule has 0 aromatic carbocycles. The number of rotatable bonds is 1. The van der Waals surface area contributed by atoms with E-state index in [4.69, 9.17) is 0 Å². The molecular formula is C16H19N3O2. The molecule has 2 aromatic rings. The highest BCUT2D eigenvalue weighted by Crippen LogP contribution is 2.12. The molecule has 1 aliphatic rings. The normalized spacial score (nSPS) is 16.5. The van der Waals surface area contributed by atoms with Gasteiger partial charge in [0, 0.05) is 25.5 Å². The van der Waals surface area contributed by atoms with Gasteiger partial charge in [-0.1, -0.05) is 25.3 Å². The number of pyridine rings is 1. The summed E-state index contributed by atoms with van der Waals surface area (Å²) in [7, 11) is 0. The molecule has 0 atom stereocenters. The molecule has 5 nitrogen and oxygen atoms in total. The zero-order chi connectivity index (χ0) is 14.7. The van der Waals surface area contributed by atoms with Crippen molar-refractivity contribution in [3.8, 4) is 0 Å². The van der Waals surface area contributed by atoms with E-state index in [9.17, 15) is 9.59 Å². The summed E-state index contributed by atoms with van der Waals surface area (Å²) in [5.74, 6) is -0.187. The summed E-state index contributed by atoms with van der Waals surface area (Å²) in [6.45, 7) is 1.46. The maximum absolute atomic E-state index is 12.6. The average Bonchev–Trinajstić information content (AvgIpc) is 2.47. The highest BCUT2D eigenvalue weighted by atomic mass is 16.2. The summed E-state index contributed by atoms with van der Waals surface area (Å²) in [5, 5.41) is 0. The monoisotopic (exact) mass is 285 g/mol. The number of likely N-dealkylation sites (tertiary alicyclic amines) is 1. The number of nitrogens with zero attached hydrogens (tertiary/aromatic N) is 3. The lowest BCUT2D eigenvalue weighted by Gasteiger charge is -2.24. The standard InChI is InChI=1S/C16H19N3O2/c20-15(18-9-5-2-1-3-6-10-18)13-12-17-14-8-4-7-11-19(14)16(13)21/h4,7-8,11-12H,1-3,5-6,9-10H2. The van der Waals surface area contributed by atoms with Crippen LogP contribution in [0, 0.1) is 0 Å². The molecule has 0 radical (unpaired) electrons. The molecule has 1 saturated heterocycles. The van der Waals surface area contributed by atoms with Crippen LogP contribution in [0.25, 0.3) is 5.65 Å². The van der Waals surface area contributed by atoms with E-state index >= 15 is 0 Å². The molecule has 0 spiro atoms. The predicted octanol–water partition coefficient (Wildman–Crippen LogP) is 2.10. The van der Waals surface area contributed by atoms with Crippen molar-refractivity contribution in [1.29, 1.82) is 0 Å². The topological polar surface area (TPSA) is 54.7 Å². The van der Waals surface area contributed by atoms with Crippen molar-refractivity contribution >= 4 is 11.6 Å². The number of fused-ring (bicyclic) bond motifs is 1. The van der Waals surface area contributed by atoms with E-state index in [2.05, 4.69) is 4.98 Å². The Morgan fingerprint density at radius 3 is 2.52 bits per heavy atom. The Balaban J connectivity index is 1.93. The van der Waals surface area contributed by atoms with Crippen LogP contribution in [-0.2, 0) is 0 Å². The first-order chi connectivity index (χ1) is 10.3. The predicted molar refractivity (Wildman–Crippen MR) is 80.5 cm³/mol. The molecule has 21 heavy (non-hydrogen) atoms. The van der Waals surface area contributed by atoms with E-state index in [1.807, 2.05) is 6.07 Å². The quantitative estimate of drug-likeness (QED) is 0.806. The van der Waals surface area contributed by atoms with Gasteiger partial charge in [0.05, 0.1) is 0 Å². The Hall–Kier alpha value is -2.17. The molecule has 0 N–H and O–H groups in total. The van der Waals surface area contributed by atoms with Crippen LogP contribution >= 0.6 is 0 Å². The number of carbonyl (C=O) groups excluding carboxylic acids is 1. The number of amides is 1. The summed E-state index contributed by atoms with van der Waals surface area (Å²) in [4.78, 5) is 31.1. The van der Waals surface area contributed by atoms with Gasteiger partial charge >= 0.3 is 0 Å². The second-order valence-corrected chi connectivity index (χ2v) is 5.47. The van der Waals surface area contributed by atoms with Crippen LogP contribution in [0.3, 0.4) is 0 Å². The van der Waals surface area contributed by atoms with Crippen LogP contribution < -0.4 is 5.56 Å². The largest absolute Gasteiger partial charge is 0.338 e. The van der Waals surface area contributed by atoms with Gasteiger partial charge in [-0.3, -0.25) is 14.0 Å². The number of carbonyl (C=O) groups is 1. The summed E-state index contributed by atoms with van der Waals surface area (Å²) in [6, 6.07) is 5.34. The number of hydrogen-bond donors (Lipinski definition) is 0. The highest BCUT2D eigenvalue weighted by molar-refractivity contribution is 5.93. The lowest BCUT2D eigenvalue weighted by molar-refractivity contribution is 0.0740. The Labute approximate surface area is 123 Å². The van der Waals surface area contributed by atoms with Gasteiger partial charge < -0.3 is 4.90 Å². The molecule has 0 bridgehead atoms. The highest BCUT2D eigenvalue weighted by Gasteiger charge is 2.20. The van der Waals surface area contributed by atoms with Crippen LogP contribution in [-0.4, -0.2) is 33.3 Å². The first kappa shape index (κ1) is 13.8. The van der Waals surface area contributed by atoms with Crippen molar-refractivity contribution in [1.82, 2.24) is 14.3 Å². The van der Waals surface area contributed by atoms with Gasteiger partial charge in [0.1, 0.15) is 11.2 Å². The first-order valence-electron chi connectivity index (χ1n) is 7.53. The smallest absolute Gasteiger partial charge is 0.270 e. The molecule has 0 aliphatic carbocycles. The van der Waals surface area contributed by atoms with E-state index in [1.165, 1.54) is 17.0 Å². The van der Waals surface area contributed by atoms with Crippen LogP contribution in [0.4, 0.5) is 0 Å². The minimum Gasteiger partial charge on any atom is -0.338 e. The van der Waals surface area contributed by atoms with Crippen LogP contribution in [0.1, 0.15) is 42.5 Å². The molecule has 1 amide bonds. The first-order valence-corrected chi connectivity index (χ1v) is 7.53. The van der Waals surface area contributed by atoms with Crippen molar-refractivity contribution in [2.45, 2.75) is 32.1 Å². The Morgan fingerprint density at radius 2 is 1.76 bits per heavy atom. The van der Waals surface area contributed by atoms with Crippen molar-refractivity contribution in [3.63, 3.8) is 0 Å². The van der Waals surface area contributed by atoms with E-state index in [0.29, 0.717) is 5.65 Å². The van der Waals surface area contributed by atoms with Gasteiger partial charge in [0.15, 0.2) is 0 Å². The summed E-state index contributed by atoms with van der Waals surface area (Å²) >= 11 is 0. The van der Waals surface area contributed by atoms with Crippen LogP contribution in [0.5, 0.6) is 0 Å². The molecule has 2 aromatic heterocycles. The maximum Gasteiger partial charge on any atom is 0.270 e. The van der Waals surface area contributed by atoms with E-state index in [1.54, 1.807) is 23.2 Å². The van der Waals surface area contributed by atoms with Gasteiger partial charge in [-0.15, -0.1) is 0 Å². The fourth-order valence-electron chi connectivity index (χ4n) is 2.79. The minimum atomic E-state index is -0.285.